The van der Waals surface area contributed by atoms with Crippen LogP contribution in [0.25, 0.3) is 10.6 Å². The number of hydrogen-bond acceptors (Lipinski definition) is 6. The monoisotopic (exact) mass is 451 g/mol. The molecule has 1 saturated heterocycles. The fourth-order valence-electron chi connectivity index (χ4n) is 4.61. The van der Waals surface area contributed by atoms with E-state index in [0.29, 0.717) is 6.54 Å². The van der Waals surface area contributed by atoms with Crippen molar-refractivity contribution in [1.82, 2.24) is 9.88 Å². The molecule has 0 amide bonds. The molecule has 0 radical (unpaired) electrons. The zero-order valence-electron chi connectivity index (χ0n) is 17.2. The molecule has 5 rings (SSSR count). The van der Waals surface area contributed by atoms with E-state index >= 15 is 0 Å². The van der Waals surface area contributed by atoms with Crippen LogP contribution in [0.15, 0.2) is 71.9 Å². The van der Waals surface area contributed by atoms with Gasteiger partial charge < -0.3 is 9.69 Å². The van der Waals surface area contributed by atoms with Crippen LogP contribution in [0.2, 0.25) is 0 Å². The molecular formula is C24H22FN3OS2. The SMILES string of the molecule is Cc1nc(-c2ccc(C3N(c4ccccc4)CC4(C=O)C=C(F)C=CC4N3C)s2)cs1. The first-order chi connectivity index (χ1) is 15.0. The van der Waals surface area contributed by atoms with Crippen molar-refractivity contribution < 1.29 is 9.18 Å². The number of allylic oxidation sites excluding steroid dienone is 2. The Kier molecular flexibility index (Phi) is 5.12. The van der Waals surface area contributed by atoms with Crippen LogP contribution in [0.3, 0.4) is 0 Å². The molecule has 0 spiro atoms. The van der Waals surface area contributed by atoms with Gasteiger partial charge in [0.2, 0.25) is 0 Å². The Labute approximate surface area is 189 Å². The van der Waals surface area contributed by atoms with E-state index in [9.17, 15) is 9.18 Å². The third kappa shape index (κ3) is 3.46. The fourth-order valence-corrected chi connectivity index (χ4v) is 6.43. The highest BCUT2D eigenvalue weighted by molar-refractivity contribution is 7.16. The molecule has 1 aromatic carbocycles. The zero-order chi connectivity index (χ0) is 21.6. The van der Waals surface area contributed by atoms with Gasteiger partial charge in [-0.25, -0.2) is 9.37 Å². The molecule has 31 heavy (non-hydrogen) atoms. The van der Waals surface area contributed by atoms with Gasteiger partial charge in [-0.15, -0.1) is 22.7 Å². The fraction of sp³-hybridized carbons (Fsp3) is 0.250. The summed E-state index contributed by atoms with van der Waals surface area (Å²) >= 11 is 3.36. The molecule has 3 heterocycles. The van der Waals surface area contributed by atoms with Crippen LogP contribution in [0, 0.1) is 12.3 Å². The summed E-state index contributed by atoms with van der Waals surface area (Å²) < 4.78 is 14.2. The number of carbonyl (C=O) groups excluding carboxylic acids is 1. The number of thiazole rings is 1. The van der Waals surface area contributed by atoms with Crippen molar-refractivity contribution in [3.63, 3.8) is 0 Å². The van der Waals surface area contributed by atoms with Gasteiger partial charge in [-0.1, -0.05) is 24.3 Å². The van der Waals surface area contributed by atoms with Crippen LogP contribution in [-0.2, 0) is 4.79 Å². The average molecular weight is 452 g/mol. The topological polar surface area (TPSA) is 36.4 Å². The Hall–Kier alpha value is -2.61. The third-order valence-corrected chi connectivity index (χ3v) is 7.94. The number of benzene rings is 1. The number of para-hydroxylation sites is 1. The molecule has 1 aliphatic heterocycles. The summed E-state index contributed by atoms with van der Waals surface area (Å²) in [4.78, 5) is 23.6. The Morgan fingerprint density at radius 2 is 2.03 bits per heavy atom. The number of rotatable bonds is 4. The number of likely N-dealkylation sites (N-methyl/N-ethyl adjacent to an activating group) is 1. The maximum absolute atomic E-state index is 14.2. The standard InChI is InChI=1S/C24H22FN3OS2/c1-16-26-19(13-30-16)20-9-10-21(31-20)23-27(2)22-11-8-17(25)12-24(22,15-29)14-28(23)18-6-4-3-5-7-18/h3-13,15,22-23H,14H2,1-2H3. The van der Waals surface area contributed by atoms with Gasteiger partial charge in [0.05, 0.1) is 21.0 Å². The zero-order valence-corrected chi connectivity index (χ0v) is 18.9. The highest BCUT2D eigenvalue weighted by atomic mass is 32.1. The normalized spacial score (nSPS) is 25.9. The van der Waals surface area contributed by atoms with Crippen molar-refractivity contribution in [3.8, 4) is 10.6 Å². The lowest BCUT2D eigenvalue weighted by molar-refractivity contribution is -0.118. The molecule has 7 heteroatoms. The number of carbonyl (C=O) groups is 1. The van der Waals surface area contributed by atoms with Crippen molar-refractivity contribution in [3.05, 3.63) is 81.8 Å². The molecule has 3 aromatic rings. The number of halogens is 1. The second-order valence-electron chi connectivity index (χ2n) is 8.02. The van der Waals surface area contributed by atoms with Gasteiger partial charge in [-0.3, -0.25) is 4.90 Å². The third-order valence-electron chi connectivity index (χ3n) is 6.02. The number of nitrogens with zero attached hydrogens (tertiary/aromatic N) is 3. The molecule has 158 valence electrons. The van der Waals surface area contributed by atoms with Gasteiger partial charge in [0.15, 0.2) is 0 Å². The average Bonchev–Trinajstić information content (AvgIpc) is 3.43. The number of hydrogen-bond donors (Lipinski definition) is 0. The van der Waals surface area contributed by atoms with Crippen LogP contribution in [-0.4, -0.2) is 35.8 Å². The van der Waals surface area contributed by atoms with E-state index in [1.807, 2.05) is 50.4 Å². The molecule has 3 unspecified atom stereocenters. The predicted octanol–water partition coefficient (Wildman–Crippen LogP) is 5.61. The summed E-state index contributed by atoms with van der Waals surface area (Å²) in [5, 5.41) is 3.13. The van der Waals surface area contributed by atoms with E-state index in [-0.39, 0.29) is 18.0 Å². The molecule has 0 N–H and O–H groups in total. The second kappa shape index (κ2) is 7.82. The van der Waals surface area contributed by atoms with Gasteiger partial charge >= 0.3 is 0 Å². The Balaban J connectivity index is 1.60. The number of thiophene rings is 1. The number of aryl methyl sites for hydroxylation is 1. The van der Waals surface area contributed by atoms with Crippen LogP contribution < -0.4 is 4.90 Å². The van der Waals surface area contributed by atoms with E-state index in [4.69, 9.17) is 0 Å². The van der Waals surface area contributed by atoms with Crippen molar-refractivity contribution in [2.45, 2.75) is 19.1 Å². The van der Waals surface area contributed by atoms with Crippen molar-refractivity contribution in [2.24, 2.45) is 5.41 Å². The minimum absolute atomic E-state index is 0.0850. The summed E-state index contributed by atoms with van der Waals surface area (Å²) in [6, 6.07) is 14.1. The molecule has 0 saturated carbocycles. The molecular weight excluding hydrogens is 429 g/mol. The van der Waals surface area contributed by atoms with Gasteiger partial charge in [0.1, 0.15) is 18.3 Å². The Bertz CT molecular complexity index is 1170. The second-order valence-corrected chi connectivity index (χ2v) is 10.2. The van der Waals surface area contributed by atoms with Crippen molar-refractivity contribution in [1.29, 1.82) is 0 Å². The van der Waals surface area contributed by atoms with Gasteiger partial charge in [-0.05, 0) is 50.4 Å². The minimum Gasteiger partial charge on any atom is -0.350 e. The van der Waals surface area contributed by atoms with Crippen molar-refractivity contribution in [2.75, 3.05) is 18.5 Å². The number of fused-ring (bicyclic) bond motifs is 1. The van der Waals surface area contributed by atoms with Crippen LogP contribution >= 0.6 is 22.7 Å². The van der Waals surface area contributed by atoms with Crippen LogP contribution in [0.1, 0.15) is 16.1 Å². The summed E-state index contributed by atoms with van der Waals surface area (Å²) in [5.41, 5.74) is 1.06. The van der Waals surface area contributed by atoms with Gasteiger partial charge in [0, 0.05) is 28.5 Å². The lowest BCUT2D eigenvalue weighted by Crippen LogP contribution is -2.62. The smallest absolute Gasteiger partial charge is 0.133 e. The molecule has 2 aliphatic rings. The predicted molar refractivity (Wildman–Crippen MR) is 125 cm³/mol. The first-order valence-corrected chi connectivity index (χ1v) is 11.8. The maximum Gasteiger partial charge on any atom is 0.133 e. The van der Waals surface area contributed by atoms with Crippen LogP contribution in [0.4, 0.5) is 10.1 Å². The number of anilines is 1. The number of aldehydes is 1. The van der Waals surface area contributed by atoms with Gasteiger partial charge in [0.25, 0.3) is 0 Å². The van der Waals surface area contributed by atoms with Gasteiger partial charge in [-0.2, -0.15) is 0 Å². The Morgan fingerprint density at radius 1 is 1.23 bits per heavy atom. The van der Waals surface area contributed by atoms with E-state index < -0.39 is 5.41 Å². The van der Waals surface area contributed by atoms with E-state index in [0.717, 1.165) is 32.4 Å². The summed E-state index contributed by atoms with van der Waals surface area (Å²) in [6.45, 7) is 2.41. The first kappa shape index (κ1) is 20.3. The first-order valence-electron chi connectivity index (χ1n) is 10.1. The summed E-state index contributed by atoms with van der Waals surface area (Å²) in [7, 11) is 2.01. The van der Waals surface area contributed by atoms with E-state index in [2.05, 4.69) is 32.3 Å². The highest BCUT2D eigenvalue weighted by Gasteiger charge is 2.50. The molecule has 3 atom stereocenters. The maximum atomic E-state index is 14.2. The lowest BCUT2D eigenvalue weighted by Gasteiger charge is -2.54. The molecule has 1 fully saturated rings. The van der Waals surface area contributed by atoms with Crippen LogP contribution in [0.5, 0.6) is 0 Å². The molecule has 2 aromatic heterocycles. The molecule has 0 bridgehead atoms. The summed E-state index contributed by atoms with van der Waals surface area (Å²) in [5.74, 6) is -0.361. The molecule has 1 aliphatic carbocycles. The minimum atomic E-state index is -0.938. The quantitative estimate of drug-likeness (QED) is 0.483. The van der Waals surface area contributed by atoms with E-state index in [1.165, 1.54) is 12.2 Å². The highest BCUT2D eigenvalue weighted by Crippen LogP contribution is 2.47. The largest absolute Gasteiger partial charge is 0.350 e. The van der Waals surface area contributed by atoms with Crippen molar-refractivity contribution >= 4 is 34.6 Å². The van der Waals surface area contributed by atoms with E-state index in [1.54, 1.807) is 22.7 Å². The molecule has 4 nitrogen and oxygen atoms in total. The lowest BCUT2D eigenvalue weighted by atomic mass is 9.74. The Morgan fingerprint density at radius 3 is 2.74 bits per heavy atom. The summed E-state index contributed by atoms with van der Waals surface area (Å²) in [6.07, 6.45) is 5.58. The number of aromatic nitrogens is 1.